The Morgan fingerprint density at radius 2 is 1.62 bits per heavy atom. The zero-order valence-electron chi connectivity index (χ0n) is 14.7. The lowest BCUT2D eigenvalue weighted by Gasteiger charge is -2.23. The molecule has 3 rings (SSSR count). The van der Waals surface area contributed by atoms with E-state index in [9.17, 15) is 4.39 Å². The van der Waals surface area contributed by atoms with Crippen LogP contribution in [0.3, 0.4) is 0 Å². The van der Waals surface area contributed by atoms with Gasteiger partial charge in [-0.1, -0.05) is 36.4 Å². The van der Waals surface area contributed by atoms with Gasteiger partial charge in [0.25, 0.3) is 0 Å². The molecule has 26 heavy (non-hydrogen) atoms. The van der Waals surface area contributed by atoms with Gasteiger partial charge in [0.2, 0.25) is 0 Å². The highest BCUT2D eigenvalue weighted by Crippen LogP contribution is 2.20. The second kappa shape index (κ2) is 12.1. The van der Waals surface area contributed by atoms with Crippen molar-refractivity contribution >= 4 is 24.8 Å². The molecular formula is C20H27Cl2FN2O. The smallest absolute Gasteiger partial charge is 0.129 e. The van der Waals surface area contributed by atoms with Gasteiger partial charge in [0.15, 0.2) is 0 Å². The van der Waals surface area contributed by atoms with Gasteiger partial charge in [0.05, 0.1) is 0 Å². The van der Waals surface area contributed by atoms with Crippen molar-refractivity contribution in [1.29, 1.82) is 0 Å². The van der Waals surface area contributed by atoms with Crippen LogP contribution in [0.15, 0.2) is 48.5 Å². The van der Waals surface area contributed by atoms with Crippen molar-refractivity contribution in [3.05, 3.63) is 65.5 Å². The standard InChI is InChI=1S/C20H25FN2O.2ClH/c21-19-7-3-1-6-18(19)15-24-20-8-4-2-5-17(20)14-23-13-16-9-11-22-12-10-16;;/h1-8,16,22-23H,9-15H2;2*1H. The number of hydrogen-bond donors (Lipinski definition) is 2. The van der Waals surface area contributed by atoms with Crippen molar-refractivity contribution in [1.82, 2.24) is 10.6 Å². The molecule has 0 spiro atoms. The van der Waals surface area contributed by atoms with E-state index in [4.69, 9.17) is 4.74 Å². The van der Waals surface area contributed by atoms with Crippen LogP contribution in [-0.4, -0.2) is 19.6 Å². The summed E-state index contributed by atoms with van der Waals surface area (Å²) in [5.74, 6) is 1.34. The summed E-state index contributed by atoms with van der Waals surface area (Å²) in [5, 5.41) is 6.93. The highest BCUT2D eigenvalue weighted by Gasteiger charge is 2.12. The number of halogens is 3. The van der Waals surface area contributed by atoms with Crippen LogP contribution in [0.25, 0.3) is 0 Å². The van der Waals surface area contributed by atoms with E-state index in [1.807, 2.05) is 24.3 Å². The maximum absolute atomic E-state index is 13.7. The second-order valence-electron chi connectivity index (χ2n) is 6.31. The predicted molar refractivity (Wildman–Crippen MR) is 109 cm³/mol. The number of ether oxygens (including phenoxy) is 1. The molecular weight excluding hydrogens is 374 g/mol. The normalized spacial score (nSPS) is 14.2. The van der Waals surface area contributed by atoms with E-state index in [2.05, 4.69) is 16.7 Å². The van der Waals surface area contributed by atoms with Gasteiger partial charge in [-0.3, -0.25) is 0 Å². The molecule has 0 saturated carbocycles. The van der Waals surface area contributed by atoms with E-state index in [0.717, 1.165) is 43.4 Å². The molecule has 0 aliphatic carbocycles. The van der Waals surface area contributed by atoms with Gasteiger partial charge in [0, 0.05) is 17.7 Å². The minimum atomic E-state index is -0.223. The molecule has 2 aromatic rings. The summed E-state index contributed by atoms with van der Waals surface area (Å²) in [7, 11) is 0. The maximum atomic E-state index is 13.7. The number of nitrogens with one attached hydrogen (secondary N) is 2. The molecule has 1 saturated heterocycles. The summed E-state index contributed by atoms with van der Waals surface area (Å²) >= 11 is 0. The minimum Gasteiger partial charge on any atom is -0.488 e. The summed E-state index contributed by atoms with van der Waals surface area (Å²) < 4.78 is 19.6. The number of para-hydroxylation sites is 1. The molecule has 3 nitrogen and oxygen atoms in total. The molecule has 0 aromatic heterocycles. The van der Waals surface area contributed by atoms with Crippen LogP contribution in [0.2, 0.25) is 0 Å². The van der Waals surface area contributed by atoms with Crippen molar-refractivity contribution in [3.63, 3.8) is 0 Å². The lowest BCUT2D eigenvalue weighted by molar-refractivity contribution is 0.295. The highest BCUT2D eigenvalue weighted by atomic mass is 35.5. The van der Waals surface area contributed by atoms with E-state index in [1.165, 1.54) is 18.9 Å². The largest absolute Gasteiger partial charge is 0.488 e. The summed E-state index contributed by atoms with van der Waals surface area (Å²) in [5.41, 5.74) is 1.69. The van der Waals surface area contributed by atoms with E-state index in [-0.39, 0.29) is 37.2 Å². The zero-order valence-corrected chi connectivity index (χ0v) is 16.4. The van der Waals surface area contributed by atoms with Crippen molar-refractivity contribution in [2.24, 2.45) is 5.92 Å². The van der Waals surface area contributed by atoms with Crippen LogP contribution in [0, 0.1) is 11.7 Å². The first-order valence-corrected chi connectivity index (χ1v) is 8.68. The SMILES string of the molecule is Cl.Cl.Fc1ccccc1COc1ccccc1CNCC1CCNCC1. The number of benzene rings is 2. The zero-order chi connectivity index (χ0) is 16.6. The molecule has 1 aliphatic rings. The van der Waals surface area contributed by atoms with Crippen molar-refractivity contribution < 1.29 is 9.13 Å². The minimum absolute atomic E-state index is 0. The van der Waals surface area contributed by atoms with Crippen LogP contribution < -0.4 is 15.4 Å². The highest BCUT2D eigenvalue weighted by molar-refractivity contribution is 5.85. The topological polar surface area (TPSA) is 33.3 Å². The first kappa shape index (κ1) is 22.7. The van der Waals surface area contributed by atoms with Crippen molar-refractivity contribution in [3.8, 4) is 5.75 Å². The first-order valence-electron chi connectivity index (χ1n) is 8.68. The predicted octanol–water partition coefficient (Wildman–Crippen LogP) is 4.34. The van der Waals surface area contributed by atoms with Gasteiger partial charge in [-0.25, -0.2) is 4.39 Å². The molecule has 0 amide bonds. The fourth-order valence-electron chi connectivity index (χ4n) is 3.06. The quantitative estimate of drug-likeness (QED) is 0.724. The van der Waals surface area contributed by atoms with Crippen LogP contribution in [-0.2, 0) is 13.2 Å². The Morgan fingerprint density at radius 3 is 2.35 bits per heavy atom. The third-order valence-corrected chi connectivity index (χ3v) is 4.52. The molecule has 0 bridgehead atoms. The van der Waals surface area contributed by atoms with Crippen LogP contribution in [0.4, 0.5) is 4.39 Å². The Kier molecular flexibility index (Phi) is 10.6. The molecule has 1 fully saturated rings. The fourth-order valence-corrected chi connectivity index (χ4v) is 3.06. The van der Waals surface area contributed by atoms with Crippen LogP contribution in [0.1, 0.15) is 24.0 Å². The van der Waals surface area contributed by atoms with E-state index >= 15 is 0 Å². The molecule has 0 atom stereocenters. The Hall–Kier alpha value is -1.33. The lowest BCUT2D eigenvalue weighted by atomic mass is 9.98. The average molecular weight is 401 g/mol. The van der Waals surface area contributed by atoms with Gasteiger partial charge in [-0.15, -0.1) is 24.8 Å². The Morgan fingerprint density at radius 1 is 0.962 bits per heavy atom. The van der Waals surface area contributed by atoms with Crippen LogP contribution >= 0.6 is 24.8 Å². The van der Waals surface area contributed by atoms with Gasteiger partial charge in [0.1, 0.15) is 18.2 Å². The van der Waals surface area contributed by atoms with Gasteiger partial charge in [-0.05, 0) is 50.5 Å². The average Bonchev–Trinajstić information content (AvgIpc) is 2.63. The second-order valence-corrected chi connectivity index (χ2v) is 6.31. The molecule has 2 aromatic carbocycles. The molecule has 2 N–H and O–H groups in total. The maximum Gasteiger partial charge on any atom is 0.129 e. The molecule has 0 unspecified atom stereocenters. The summed E-state index contributed by atoms with van der Waals surface area (Å²) in [6.45, 7) is 4.29. The van der Waals surface area contributed by atoms with Crippen molar-refractivity contribution in [2.45, 2.75) is 26.0 Å². The number of piperidine rings is 1. The third-order valence-electron chi connectivity index (χ3n) is 4.52. The third kappa shape index (κ3) is 6.76. The first-order chi connectivity index (χ1) is 11.8. The van der Waals surface area contributed by atoms with E-state index in [1.54, 1.807) is 12.1 Å². The summed E-state index contributed by atoms with van der Waals surface area (Å²) in [4.78, 5) is 0. The van der Waals surface area contributed by atoms with Crippen LogP contribution in [0.5, 0.6) is 5.75 Å². The number of hydrogen-bond acceptors (Lipinski definition) is 3. The van der Waals surface area contributed by atoms with Crippen molar-refractivity contribution in [2.75, 3.05) is 19.6 Å². The monoisotopic (exact) mass is 400 g/mol. The Labute approximate surface area is 167 Å². The molecule has 0 radical (unpaired) electrons. The lowest BCUT2D eigenvalue weighted by Crippen LogP contribution is -2.33. The van der Waals surface area contributed by atoms with E-state index < -0.39 is 0 Å². The fraction of sp³-hybridized carbons (Fsp3) is 0.400. The Balaban J connectivity index is 0.00000169. The Bertz CT molecular complexity index is 651. The number of rotatable bonds is 7. The summed E-state index contributed by atoms with van der Waals surface area (Å²) in [6, 6.07) is 14.7. The molecule has 6 heteroatoms. The van der Waals surface area contributed by atoms with Gasteiger partial charge < -0.3 is 15.4 Å². The molecule has 1 heterocycles. The molecule has 144 valence electrons. The van der Waals surface area contributed by atoms with Gasteiger partial charge >= 0.3 is 0 Å². The summed E-state index contributed by atoms with van der Waals surface area (Å²) in [6.07, 6.45) is 2.47. The van der Waals surface area contributed by atoms with Gasteiger partial charge in [-0.2, -0.15) is 0 Å². The van der Waals surface area contributed by atoms with E-state index in [0.29, 0.717) is 5.56 Å². The molecule has 1 aliphatic heterocycles.